The average Bonchev–Trinajstić information content (AvgIpc) is 3.35. The minimum absolute atomic E-state index is 0.126. The maximum atomic E-state index is 11.6. The van der Waals surface area contributed by atoms with Gasteiger partial charge in [-0.05, 0) is 34.9 Å². The molecule has 0 amide bonds. The van der Waals surface area contributed by atoms with E-state index in [9.17, 15) is 8.42 Å². The van der Waals surface area contributed by atoms with E-state index in [1.807, 2.05) is 41.9 Å². The first-order valence-corrected chi connectivity index (χ1v) is 11.4. The van der Waals surface area contributed by atoms with E-state index >= 15 is 0 Å². The van der Waals surface area contributed by atoms with Gasteiger partial charge in [0.1, 0.15) is 5.82 Å². The number of hydrogen-bond acceptors (Lipinski definition) is 8. The fourth-order valence-electron chi connectivity index (χ4n) is 3.13. The van der Waals surface area contributed by atoms with Crippen LogP contribution in [0.2, 0.25) is 0 Å². The summed E-state index contributed by atoms with van der Waals surface area (Å²) >= 11 is 1.50. The first kappa shape index (κ1) is 18.1. The second-order valence-electron chi connectivity index (χ2n) is 6.56. The Hall–Kier alpha value is -2.27. The third kappa shape index (κ3) is 4.03. The Morgan fingerprint density at radius 3 is 2.70 bits per heavy atom. The minimum atomic E-state index is -2.88. The molecule has 1 aliphatic heterocycles. The van der Waals surface area contributed by atoms with Gasteiger partial charge in [-0.2, -0.15) is 4.68 Å². The smallest absolute Gasteiger partial charge is 0.191 e. The normalized spacial score (nSPS) is 18.8. The van der Waals surface area contributed by atoms with Gasteiger partial charge in [-0.15, -0.1) is 15.3 Å². The summed E-state index contributed by atoms with van der Waals surface area (Å²) in [5, 5.41) is 21.2. The van der Waals surface area contributed by atoms with Gasteiger partial charge < -0.3 is 4.57 Å². The number of tetrazole rings is 1. The number of rotatable bonds is 6. The van der Waals surface area contributed by atoms with Crippen molar-refractivity contribution in [3.8, 4) is 5.69 Å². The summed E-state index contributed by atoms with van der Waals surface area (Å²) in [7, 11) is -0.976. The Morgan fingerprint density at radius 2 is 1.96 bits per heavy atom. The van der Waals surface area contributed by atoms with Gasteiger partial charge in [-0.3, -0.25) is 0 Å². The van der Waals surface area contributed by atoms with Crippen LogP contribution < -0.4 is 0 Å². The summed E-state index contributed by atoms with van der Waals surface area (Å²) in [6, 6.07) is 9.71. The maximum absolute atomic E-state index is 11.6. The van der Waals surface area contributed by atoms with Crippen LogP contribution in [-0.4, -0.2) is 54.9 Å². The summed E-state index contributed by atoms with van der Waals surface area (Å²) < 4.78 is 26.9. The molecule has 0 unspecified atom stereocenters. The predicted octanol–water partition coefficient (Wildman–Crippen LogP) is 1.06. The Balaban J connectivity index is 1.43. The van der Waals surface area contributed by atoms with Crippen LogP contribution in [-0.2, 0) is 29.1 Å². The van der Waals surface area contributed by atoms with Crippen molar-refractivity contribution in [1.29, 1.82) is 0 Å². The van der Waals surface area contributed by atoms with Crippen molar-refractivity contribution >= 4 is 21.6 Å². The van der Waals surface area contributed by atoms with Gasteiger partial charge >= 0.3 is 0 Å². The first-order chi connectivity index (χ1) is 13.0. The van der Waals surface area contributed by atoms with Crippen molar-refractivity contribution in [2.75, 3.05) is 11.5 Å². The Bertz CT molecular complexity index is 1030. The lowest BCUT2D eigenvalue weighted by Gasteiger charge is -2.07. The lowest BCUT2D eigenvalue weighted by molar-refractivity contribution is 0.552. The maximum Gasteiger partial charge on any atom is 0.191 e. The molecule has 0 bridgehead atoms. The zero-order valence-corrected chi connectivity index (χ0v) is 16.4. The second kappa shape index (κ2) is 7.39. The molecule has 0 radical (unpaired) electrons. The van der Waals surface area contributed by atoms with Gasteiger partial charge in [-0.25, -0.2) is 8.42 Å². The standard InChI is InChI=1S/C16H19N7O2S2/c1-22-14(9-12-7-8-27(24,25)11-12)17-19-16(22)26-10-15-18-20-21-23(15)13-5-3-2-4-6-13/h2-6,12H,7-11H2,1H3/t12-/m0/s1. The largest absolute Gasteiger partial charge is 0.309 e. The Kier molecular flexibility index (Phi) is 4.96. The number of aromatic nitrogens is 7. The lowest BCUT2D eigenvalue weighted by atomic mass is 10.1. The fraction of sp³-hybridized carbons (Fsp3) is 0.438. The molecular formula is C16H19N7O2S2. The number of sulfone groups is 1. The third-order valence-corrected chi connectivity index (χ3v) is 7.44. The minimum Gasteiger partial charge on any atom is -0.309 e. The van der Waals surface area contributed by atoms with E-state index in [4.69, 9.17) is 0 Å². The fourth-order valence-corrected chi connectivity index (χ4v) is 5.83. The van der Waals surface area contributed by atoms with Crippen LogP contribution in [0.3, 0.4) is 0 Å². The Morgan fingerprint density at radius 1 is 1.15 bits per heavy atom. The lowest BCUT2D eigenvalue weighted by Crippen LogP contribution is -2.11. The van der Waals surface area contributed by atoms with E-state index in [0.29, 0.717) is 18.6 Å². The summed E-state index contributed by atoms with van der Waals surface area (Å²) in [5.41, 5.74) is 0.902. The number of benzene rings is 1. The molecular weight excluding hydrogens is 386 g/mol. The Labute approximate surface area is 161 Å². The molecule has 0 saturated carbocycles. The summed E-state index contributed by atoms with van der Waals surface area (Å²) in [4.78, 5) is 0. The number of nitrogens with zero attached hydrogens (tertiary/aromatic N) is 7. The van der Waals surface area contributed by atoms with Gasteiger partial charge in [0, 0.05) is 13.5 Å². The highest BCUT2D eigenvalue weighted by Gasteiger charge is 2.29. The van der Waals surface area contributed by atoms with E-state index in [0.717, 1.165) is 22.5 Å². The van der Waals surface area contributed by atoms with E-state index in [1.165, 1.54) is 11.8 Å². The van der Waals surface area contributed by atoms with Gasteiger partial charge in [-0.1, -0.05) is 30.0 Å². The molecule has 3 aromatic rings. The highest BCUT2D eigenvalue weighted by atomic mass is 32.2. The molecule has 2 aromatic heterocycles. The van der Waals surface area contributed by atoms with Gasteiger partial charge in [0.15, 0.2) is 20.8 Å². The number of para-hydroxylation sites is 1. The van der Waals surface area contributed by atoms with Crippen molar-refractivity contribution in [1.82, 2.24) is 35.0 Å². The van der Waals surface area contributed by atoms with Crippen LogP contribution in [0.5, 0.6) is 0 Å². The molecule has 142 valence electrons. The molecule has 1 aliphatic rings. The quantitative estimate of drug-likeness (QED) is 0.560. The highest BCUT2D eigenvalue weighted by molar-refractivity contribution is 7.98. The van der Waals surface area contributed by atoms with Crippen LogP contribution in [0.1, 0.15) is 18.1 Å². The molecule has 27 heavy (non-hydrogen) atoms. The SMILES string of the molecule is Cn1c(C[C@@H]2CCS(=O)(=O)C2)nnc1SCc1nnnn1-c1ccccc1. The number of hydrogen-bond donors (Lipinski definition) is 0. The third-order valence-electron chi connectivity index (χ3n) is 4.59. The summed E-state index contributed by atoms with van der Waals surface area (Å²) in [5.74, 6) is 2.72. The van der Waals surface area contributed by atoms with Crippen LogP contribution >= 0.6 is 11.8 Å². The van der Waals surface area contributed by atoms with Crippen LogP contribution in [0.25, 0.3) is 5.69 Å². The molecule has 0 aliphatic carbocycles. The van der Waals surface area contributed by atoms with Crippen molar-refractivity contribution in [3.63, 3.8) is 0 Å². The monoisotopic (exact) mass is 405 g/mol. The van der Waals surface area contributed by atoms with Gasteiger partial charge in [0.05, 0.1) is 22.9 Å². The van der Waals surface area contributed by atoms with E-state index in [2.05, 4.69) is 25.7 Å². The summed E-state index contributed by atoms with van der Waals surface area (Å²) in [6.45, 7) is 0. The van der Waals surface area contributed by atoms with Crippen LogP contribution in [0, 0.1) is 5.92 Å². The molecule has 1 atom stereocenters. The predicted molar refractivity (Wildman–Crippen MR) is 100 cm³/mol. The van der Waals surface area contributed by atoms with E-state index in [1.54, 1.807) is 4.68 Å². The molecule has 11 heteroatoms. The van der Waals surface area contributed by atoms with Crippen molar-refractivity contribution in [2.45, 2.75) is 23.8 Å². The van der Waals surface area contributed by atoms with E-state index < -0.39 is 9.84 Å². The topological polar surface area (TPSA) is 108 Å². The summed E-state index contributed by atoms with van der Waals surface area (Å²) in [6.07, 6.45) is 1.33. The first-order valence-electron chi connectivity index (χ1n) is 8.56. The molecule has 1 fully saturated rings. The second-order valence-corrected chi connectivity index (χ2v) is 9.73. The molecule has 9 nitrogen and oxygen atoms in total. The van der Waals surface area contributed by atoms with Gasteiger partial charge in [0.25, 0.3) is 0 Å². The van der Waals surface area contributed by atoms with Crippen molar-refractivity contribution in [2.24, 2.45) is 13.0 Å². The molecule has 0 spiro atoms. The molecule has 4 rings (SSSR count). The zero-order valence-electron chi connectivity index (χ0n) is 14.8. The molecule has 0 N–H and O–H groups in total. The average molecular weight is 406 g/mol. The number of thioether (sulfide) groups is 1. The molecule has 1 aromatic carbocycles. The van der Waals surface area contributed by atoms with Crippen LogP contribution in [0.4, 0.5) is 0 Å². The van der Waals surface area contributed by atoms with Gasteiger partial charge in [0.2, 0.25) is 0 Å². The molecule has 3 heterocycles. The highest BCUT2D eigenvalue weighted by Crippen LogP contribution is 2.25. The van der Waals surface area contributed by atoms with E-state index in [-0.39, 0.29) is 17.4 Å². The van der Waals surface area contributed by atoms with Crippen molar-refractivity contribution < 1.29 is 8.42 Å². The van der Waals surface area contributed by atoms with Crippen LogP contribution in [0.15, 0.2) is 35.5 Å². The zero-order chi connectivity index (χ0) is 18.9. The van der Waals surface area contributed by atoms with Crippen molar-refractivity contribution in [3.05, 3.63) is 42.0 Å². The molecule has 1 saturated heterocycles.